The van der Waals surface area contributed by atoms with Gasteiger partial charge in [0, 0.05) is 29.6 Å². The van der Waals surface area contributed by atoms with Gasteiger partial charge in [-0.3, -0.25) is 4.79 Å². The number of anilines is 2. The second kappa shape index (κ2) is 9.26. The van der Waals surface area contributed by atoms with Crippen LogP contribution in [0.15, 0.2) is 42.5 Å². The maximum Gasteiger partial charge on any atom is 0.234 e. The van der Waals surface area contributed by atoms with Crippen LogP contribution in [0.3, 0.4) is 0 Å². The van der Waals surface area contributed by atoms with E-state index in [2.05, 4.69) is 5.32 Å². The second-order valence-electron chi connectivity index (χ2n) is 5.94. The predicted molar refractivity (Wildman–Crippen MR) is 106 cm³/mol. The Labute approximate surface area is 161 Å². The van der Waals surface area contributed by atoms with Gasteiger partial charge < -0.3 is 15.0 Å². The van der Waals surface area contributed by atoms with Crippen molar-refractivity contribution >= 4 is 40.6 Å². The van der Waals surface area contributed by atoms with Gasteiger partial charge in [-0.1, -0.05) is 23.7 Å². The number of thioether (sulfide) groups is 1. The molecule has 0 atom stereocenters. The van der Waals surface area contributed by atoms with Gasteiger partial charge in [0.2, 0.25) is 5.91 Å². The number of rotatable bonds is 6. The van der Waals surface area contributed by atoms with E-state index < -0.39 is 0 Å². The molecule has 0 spiro atoms. The summed E-state index contributed by atoms with van der Waals surface area (Å²) in [5.74, 6) is 0.490. The summed E-state index contributed by atoms with van der Waals surface area (Å²) in [6.45, 7) is 2.54. The number of ether oxygens (including phenoxy) is 1. The Morgan fingerprint density at radius 1 is 1.23 bits per heavy atom. The second-order valence-corrected chi connectivity index (χ2v) is 7.36. The molecule has 1 saturated heterocycles. The third-order valence-electron chi connectivity index (χ3n) is 3.97. The van der Waals surface area contributed by atoms with Crippen LogP contribution in [0.5, 0.6) is 0 Å². The predicted octanol–water partition coefficient (Wildman–Crippen LogP) is 4.19. The lowest BCUT2D eigenvalue weighted by atomic mass is 10.2. The van der Waals surface area contributed by atoms with Crippen LogP contribution in [0.4, 0.5) is 15.8 Å². The molecule has 1 heterocycles. The summed E-state index contributed by atoms with van der Waals surface area (Å²) in [4.78, 5) is 14.0. The van der Waals surface area contributed by atoms with E-state index in [0.29, 0.717) is 54.2 Å². The van der Waals surface area contributed by atoms with Crippen LogP contribution in [0.25, 0.3) is 0 Å². The number of carbonyl (C=O) groups excluding carboxylic acids is 1. The molecule has 7 heteroatoms. The Morgan fingerprint density at radius 2 is 2.04 bits per heavy atom. The lowest BCUT2D eigenvalue weighted by Gasteiger charge is -2.29. The largest absolute Gasteiger partial charge is 0.378 e. The van der Waals surface area contributed by atoms with Crippen molar-refractivity contribution in [2.45, 2.75) is 5.75 Å². The Hall–Kier alpha value is -1.76. The number of nitrogens with one attached hydrogen (secondary N) is 1. The number of amides is 1. The summed E-state index contributed by atoms with van der Waals surface area (Å²) < 4.78 is 19.6. The van der Waals surface area contributed by atoms with Gasteiger partial charge in [0.15, 0.2) is 0 Å². The summed E-state index contributed by atoms with van der Waals surface area (Å²) in [5.41, 5.74) is 2.07. The minimum atomic E-state index is -0.337. The van der Waals surface area contributed by atoms with E-state index in [0.717, 1.165) is 5.56 Å². The van der Waals surface area contributed by atoms with Crippen LogP contribution in [0, 0.1) is 5.82 Å². The zero-order chi connectivity index (χ0) is 18.4. The van der Waals surface area contributed by atoms with Crippen molar-refractivity contribution < 1.29 is 13.9 Å². The smallest absolute Gasteiger partial charge is 0.234 e. The molecule has 0 radical (unpaired) electrons. The van der Waals surface area contributed by atoms with Gasteiger partial charge in [-0.25, -0.2) is 4.39 Å². The van der Waals surface area contributed by atoms with Gasteiger partial charge in [-0.2, -0.15) is 0 Å². The van der Waals surface area contributed by atoms with Crippen LogP contribution in [0.1, 0.15) is 5.56 Å². The molecule has 0 saturated carbocycles. The maximum absolute atomic E-state index is 14.3. The van der Waals surface area contributed by atoms with Crippen molar-refractivity contribution in [2.75, 3.05) is 42.3 Å². The fourth-order valence-electron chi connectivity index (χ4n) is 2.73. The number of hydrogen-bond acceptors (Lipinski definition) is 4. The van der Waals surface area contributed by atoms with E-state index in [4.69, 9.17) is 16.3 Å². The van der Waals surface area contributed by atoms with Gasteiger partial charge in [-0.15, -0.1) is 11.8 Å². The van der Waals surface area contributed by atoms with Gasteiger partial charge in [0.25, 0.3) is 0 Å². The minimum Gasteiger partial charge on any atom is -0.378 e. The van der Waals surface area contributed by atoms with Crippen molar-refractivity contribution in [1.82, 2.24) is 0 Å². The normalized spacial score (nSPS) is 14.3. The van der Waals surface area contributed by atoms with Crippen LogP contribution in [0.2, 0.25) is 5.02 Å². The molecular formula is C19H20ClFN2O2S. The quantitative estimate of drug-likeness (QED) is 0.797. The summed E-state index contributed by atoms with van der Waals surface area (Å²) >= 11 is 7.43. The van der Waals surface area contributed by atoms with Crippen molar-refractivity contribution in [2.24, 2.45) is 0 Å². The first kappa shape index (κ1) is 19.0. The number of morpholine rings is 1. The Balaban J connectivity index is 1.50. The highest BCUT2D eigenvalue weighted by atomic mass is 35.5. The Morgan fingerprint density at radius 3 is 2.77 bits per heavy atom. The van der Waals surface area contributed by atoms with E-state index in [1.165, 1.54) is 17.8 Å². The molecule has 0 bridgehead atoms. The molecule has 1 fully saturated rings. The number of nitrogens with zero attached hydrogens (tertiary/aromatic N) is 1. The fraction of sp³-hybridized carbons (Fsp3) is 0.316. The van der Waals surface area contributed by atoms with E-state index in [1.54, 1.807) is 12.1 Å². The monoisotopic (exact) mass is 394 g/mol. The molecule has 1 aliphatic rings. The number of carbonyl (C=O) groups is 1. The highest BCUT2D eigenvalue weighted by Gasteiger charge is 2.15. The van der Waals surface area contributed by atoms with Gasteiger partial charge >= 0.3 is 0 Å². The van der Waals surface area contributed by atoms with Gasteiger partial charge in [0.05, 0.1) is 24.7 Å². The molecule has 3 rings (SSSR count). The van der Waals surface area contributed by atoms with E-state index >= 15 is 0 Å². The van der Waals surface area contributed by atoms with Crippen molar-refractivity contribution in [3.8, 4) is 0 Å². The van der Waals surface area contributed by atoms with Crippen molar-refractivity contribution in [1.29, 1.82) is 0 Å². The maximum atomic E-state index is 14.3. The molecule has 0 aliphatic carbocycles. The molecular weight excluding hydrogens is 375 g/mol. The molecule has 1 aliphatic heterocycles. The number of hydrogen-bond donors (Lipinski definition) is 1. The van der Waals surface area contributed by atoms with Gasteiger partial charge in [-0.05, 0) is 35.9 Å². The first-order chi connectivity index (χ1) is 12.6. The first-order valence-electron chi connectivity index (χ1n) is 8.36. The number of halogens is 2. The minimum absolute atomic E-state index is 0.157. The lowest BCUT2D eigenvalue weighted by Crippen LogP contribution is -2.36. The Bertz CT molecular complexity index is 769. The molecule has 1 N–H and O–H groups in total. The summed E-state index contributed by atoms with van der Waals surface area (Å²) in [6, 6.07) is 12.4. The number of benzene rings is 2. The molecule has 1 amide bonds. The highest BCUT2D eigenvalue weighted by Crippen LogP contribution is 2.24. The SMILES string of the molecule is O=C(CSCc1cccc(Cl)c1)Nc1ccc(N2CCOCC2)c(F)c1. The first-order valence-corrected chi connectivity index (χ1v) is 9.89. The van der Waals surface area contributed by atoms with E-state index in [1.807, 2.05) is 29.2 Å². The third-order valence-corrected chi connectivity index (χ3v) is 5.21. The fourth-order valence-corrected chi connectivity index (χ4v) is 3.72. The molecule has 2 aromatic carbocycles. The van der Waals surface area contributed by atoms with E-state index in [-0.39, 0.29) is 11.7 Å². The standard InChI is InChI=1S/C19H20ClFN2O2S/c20-15-3-1-2-14(10-15)12-26-13-19(24)22-16-4-5-18(17(21)11-16)23-6-8-25-9-7-23/h1-5,10-11H,6-9,12-13H2,(H,22,24). The van der Waals surface area contributed by atoms with Crippen LogP contribution in [-0.2, 0) is 15.3 Å². The van der Waals surface area contributed by atoms with Gasteiger partial charge in [0.1, 0.15) is 5.82 Å². The van der Waals surface area contributed by atoms with Crippen molar-refractivity contribution in [3.63, 3.8) is 0 Å². The lowest BCUT2D eigenvalue weighted by molar-refractivity contribution is -0.113. The zero-order valence-electron chi connectivity index (χ0n) is 14.2. The van der Waals surface area contributed by atoms with Crippen molar-refractivity contribution in [3.05, 3.63) is 58.9 Å². The van der Waals surface area contributed by atoms with E-state index in [9.17, 15) is 9.18 Å². The Kier molecular flexibility index (Phi) is 6.77. The van der Waals surface area contributed by atoms with Crippen LogP contribution >= 0.6 is 23.4 Å². The summed E-state index contributed by atoms with van der Waals surface area (Å²) in [5, 5.41) is 3.43. The molecule has 0 unspecified atom stereocenters. The zero-order valence-corrected chi connectivity index (χ0v) is 15.8. The highest BCUT2D eigenvalue weighted by molar-refractivity contribution is 7.99. The van der Waals surface area contributed by atoms with Crippen LogP contribution in [-0.4, -0.2) is 38.0 Å². The summed E-state index contributed by atoms with van der Waals surface area (Å²) in [7, 11) is 0. The summed E-state index contributed by atoms with van der Waals surface area (Å²) in [6.07, 6.45) is 0. The third kappa shape index (κ3) is 5.37. The average molecular weight is 395 g/mol. The molecule has 2 aromatic rings. The van der Waals surface area contributed by atoms with Crippen LogP contribution < -0.4 is 10.2 Å². The molecule has 26 heavy (non-hydrogen) atoms. The topological polar surface area (TPSA) is 41.6 Å². The molecule has 4 nitrogen and oxygen atoms in total. The average Bonchev–Trinajstić information content (AvgIpc) is 2.63. The molecule has 0 aromatic heterocycles. The molecule has 138 valence electrons.